The standard InChI is InChI=1S/C10H11N3O2S/c1-13-4-2-7(12-13)6-15-10(14)9-8(11)3-5-16-9/h2-5H,6,11H2,1H3. The van der Waals surface area contributed by atoms with Crippen molar-refractivity contribution in [2.45, 2.75) is 6.61 Å². The van der Waals surface area contributed by atoms with E-state index in [1.807, 2.05) is 7.05 Å². The first kappa shape index (κ1) is 10.7. The normalized spacial score (nSPS) is 10.3. The molecule has 2 aromatic heterocycles. The van der Waals surface area contributed by atoms with Crippen molar-refractivity contribution in [2.75, 3.05) is 5.73 Å². The maximum absolute atomic E-state index is 11.6. The zero-order chi connectivity index (χ0) is 11.5. The van der Waals surface area contributed by atoms with Crippen molar-refractivity contribution in [3.05, 3.63) is 34.3 Å². The molecule has 0 bridgehead atoms. The van der Waals surface area contributed by atoms with Crippen LogP contribution >= 0.6 is 11.3 Å². The molecule has 0 aliphatic heterocycles. The third-order valence-electron chi connectivity index (χ3n) is 2.00. The topological polar surface area (TPSA) is 70.1 Å². The molecule has 6 heteroatoms. The lowest BCUT2D eigenvalue weighted by molar-refractivity contribution is 0.0474. The van der Waals surface area contributed by atoms with Gasteiger partial charge in [-0.1, -0.05) is 0 Å². The molecule has 16 heavy (non-hydrogen) atoms. The molecular formula is C10H11N3O2S. The van der Waals surface area contributed by atoms with E-state index in [1.54, 1.807) is 28.4 Å². The molecule has 0 unspecified atom stereocenters. The second kappa shape index (κ2) is 4.36. The number of hydrogen-bond donors (Lipinski definition) is 1. The number of nitrogen functional groups attached to an aromatic ring is 1. The molecule has 84 valence electrons. The minimum atomic E-state index is -0.404. The summed E-state index contributed by atoms with van der Waals surface area (Å²) in [5, 5.41) is 5.85. The fraction of sp³-hybridized carbons (Fsp3) is 0.200. The summed E-state index contributed by atoms with van der Waals surface area (Å²) in [6.45, 7) is 0.164. The first-order valence-electron chi connectivity index (χ1n) is 4.65. The number of hydrogen-bond acceptors (Lipinski definition) is 5. The molecule has 0 atom stereocenters. The van der Waals surface area contributed by atoms with E-state index in [0.29, 0.717) is 16.3 Å². The number of rotatable bonds is 3. The van der Waals surface area contributed by atoms with E-state index in [9.17, 15) is 4.79 Å². The van der Waals surface area contributed by atoms with Crippen molar-refractivity contribution < 1.29 is 9.53 Å². The highest BCUT2D eigenvalue weighted by Crippen LogP contribution is 2.20. The van der Waals surface area contributed by atoms with E-state index in [4.69, 9.17) is 10.5 Å². The Labute approximate surface area is 96.4 Å². The predicted molar refractivity (Wildman–Crippen MR) is 61.1 cm³/mol. The molecule has 0 amide bonds. The molecule has 0 aliphatic carbocycles. The van der Waals surface area contributed by atoms with Crippen LogP contribution in [0.4, 0.5) is 5.69 Å². The highest BCUT2D eigenvalue weighted by atomic mass is 32.1. The van der Waals surface area contributed by atoms with Gasteiger partial charge in [0.1, 0.15) is 11.5 Å². The van der Waals surface area contributed by atoms with Crippen LogP contribution in [0.5, 0.6) is 0 Å². The first-order chi connectivity index (χ1) is 7.66. The molecule has 2 rings (SSSR count). The van der Waals surface area contributed by atoms with Gasteiger partial charge in [0.05, 0.1) is 11.4 Å². The number of aromatic nitrogens is 2. The molecule has 2 N–H and O–H groups in total. The van der Waals surface area contributed by atoms with Crippen LogP contribution in [-0.4, -0.2) is 15.7 Å². The molecule has 0 spiro atoms. The Bertz CT molecular complexity index is 504. The summed E-state index contributed by atoms with van der Waals surface area (Å²) in [6, 6.07) is 3.48. The third-order valence-corrected chi connectivity index (χ3v) is 2.91. The van der Waals surface area contributed by atoms with Crippen molar-refractivity contribution in [3.8, 4) is 0 Å². The molecule has 0 fully saturated rings. The van der Waals surface area contributed by atoms with Gasteiger partial charge in [-0.25, -0.2) is 4.79 Å². The number of anilines is 1. The van der Waals surface area contributed by atoms with Gasteiger partial charge < -0.3 is 10.5 Å². The summed E-state index contributed by atoms with van der Waals surface area (Å²) in [4.78, 5) is 12.0. The van der Waals surface area contributed by atoms with Gasteiger partial charge in [-0.3, -0.25) is 4.68 Å². The summed E-state index contributed by atoms with van der Waals surface area (Å²) < 4.78 is 6.74. The van der Waals surface area contributed by atoms with Crippen LogP contribution in [0.1, 0.15) is 15.4 Å². The largest absolute Gasteiger partial charge is 0.455 e. The number of thiophene rings is 1. The maximum atomic E-state index is 11.6. The smallest absolute Gasteiger partial charge is 0.350 e. The van der Waals surface area contributed by atoms with Gasteiger partial charge in [0.15, 0.2) is 0 Å². The van der Waals surface area contributed by atoms with E-state index in [1.165, 1.54) is 11.3 Å². The quantitative estimate of drug-likeness (QED) is 0.820. The van der Waals surface area contributed by atoms with Crippen molar-refractivity contribution in [3.63, 3.8) is 0 Å². The number of esters is 1. The highest BCUT2D eigenvalue weighted by molar-refractivity contribution is 7.12. The van der Waals surface area contributed by atoms with E-state index < -0.39 is 5.97 Å². The first-order valence-corrected chi connectivity index (χ1v) is 5.53. The van der Waals surface area contributed by atoms with Crippen LogP contribution in [0.2, 0.25) is 0 Å². The van der Waals surface area contributed by atoms with E-state index >= 15 is 0 Å². The van der Waals surface area contributed by atoms with Gasteiger partial charge in [0.25, 0.3) is 0 Å². The van der Waals surface area contributed by atoms with Crippen LogP contribution in [-0.2, 0) is 18.4 Å². The van der Waals surface area contributed by atoms with Crippen LogP contribution in [0.15, 0.2) is 23.7 Å². The molecular weight excluding hydrogens is 226 g/mol. The summed E-state index contributed by atoms with van der Waals surface area (Å²) >= 11 is 1.27. The fourth-order valence-electron chi connectivity index (χ4n) is 1.23. The van der Waals surface area contributed by atoms with Crippen LogP contribution in [0.3, 0.4) is 0 Å². The molecule has 0 aromatic carbocycles. The lowest BCUT2D eigenvalue weighted by Gasteiger charge is -2.01. The number of ether oxygens (including phenoxy) is 1. The van der Waals surface area contributed by atoms with Gasteiger partial charge in [-0.05, 0) is 17.5 Å². The zero-order valence-corrected chi connectivity index (χ0v) is 9.53. The average Bonchev–Trinajstić information content (AvgIpc) is 2.84. The van der Waals surface area contributed by atoms with Crippen molar-refractivity contribution in [1.29, 1.82) is 0 Å². The van der Waals surface area contributed by atoms with Crippen LogP contribution < -0.4 is 5.73 Å². The summed E-state index contributed by atoms with van der Waals surface area (Å²) in [6.07, 6.45) is 1.79. The number of aryl methyl sites for hydroxylation is 1. The molecule has 0 saturated heterocycles. The average molecular weight is 237 g/mol. The minimum absolute atomic E-state index is 0.164. The van der Waals surface area contributed by atoms with Gasteiger partial charge in [-0.15, -0.1) is 11.3 Å². The lowest BCUT2D eigenvalue weighted by atomic mass is 10.4. The Hall–Kier alpha value is -1.82. The predicted octanol–water partition coefficient (Wildman–Crippen LogP) is 1.42. The van der Waals surface area contributed by atoms with Gasteiger partial charge in [-0.2, -0.15) is 5.10 Å². The number of nitrogens with zero attached hydrogens (tertiary/aromatic N) is 2. The Morgan fingerprint density at radius 2 is 2.44 bits per heavy atom. The van der Waals surface area contributed by atoms with Crippen molar-refractivity contribution in [1.82, 2.24) is 9.78 Å². The second-order valence-corrected chi connectivity index (χ2v) is 4.18. The van der Waals surface area contributed by atoms with Crippen molar-refractivity contribution in [2.24, 2.45) is 7.05 Å². The lowest BCUT2D eigenvalue weighted by Crippen LogP contribution is -2.06. The van der Waals surface area contributed by atoms with E-state index in [2.05, 4.69) is 5.10 Å². The Morgan fingerprint density at radius 3 is 3.00 bits per heavy atom. The van der Waals surface area contributed by atoms with Gasteiger partial charge in [0, 0.05) is 13.2 Å². The molecule has 2 aromatic rings. The van der Waals surface area contributed by atoms with E-state index in [-0.39, 0.29) is 6.61 Å². The van der Waals surface area contributed by atoms with Crippen LogP contribution in [0.25, 0.3) is 0 Å². The number of carbonyl (C=O) groups is 1. The van der Waals surface area contributed by atoms with Crippen LogP contribution in [0, 0.1) is 0 Å². The Balaban J connectivity index is 1.96. The fourth-order valence-corrected chi connectivity index (χ4v) is 1.94. The zero-order valence-electron chi connectivity index (χ0n) is 8.71. The maximum Gasteiger partial charge on any atom is 0.350 e. The molecule has 0 radical (unpaired) electrons. The number of nitrogens with two attached hydrogens (primary N) is 1. The highest BCUT2D eigenvalue weighted by Gasteiger charge is 2.13. The SMILES string of the molecule is Cn1ccc(COC(=O)c2sccc2N)n1. The van der Waals surface area contributed by atoms with E-state index in [0.717, 1.165) is 0 Å². The summed E-state index contributed by atoms with van der Waals surface area (Å²) in [7, 11) is 1.81. The molecule has 0 saturated carbocycles. The minimum Gasteiger partial charge on any atom is -0.455 e. The van der Waals surface area contributed by atoms with Crippen molar-refractivity contribution >= 4 is 23.0 Å². The number of carbonyl (C=O) groups excluding carboxylic acids is 1. The molecule has 2 heterocycles. The van der Waals surface area contributed by atoms with Gasteiger partial charge >= 0.3 is 5.97 Å². The summed E-state index contributed by atoms with van der Waals surface area (Å²) in [5.74, 6) is -0.404. The monoisotopic (exact) mass is 237 g/mol. The Morgan fingerprint density at radius 1 is 1.62 bits per heavy atom. The Kier molecular flexibility index (Phi) is 2.91. The molecule has 5 nitrogen and oxygen atoms in total. The third kappa shape index (κ3) is 2.22. The molecule has 0 aliphatic rings. The van der Waals surface area contributed by atoms with Gasteiger partial charge in [0.2, 0.25) is 0 Å². The second-order valence-electron chi connectivity index (χ2n) is 3.26. The summed E-state index contributed by atoms with van der Waals surface area (Å²) in [5.41, 5.74) is 6.77.